The second kappa shape index (κ2) is 6.84. The van der Waals surface area contributed by atoms with E-state index in [0.717, 1.165) is 0 Å². The number of nitrogens with zero attached hydrogens (tertiary/aromatic N) is 1. The normalized spacial score (nSPS) is 11.0. The van der Waals surface area contributed by atoms with E-state index in [4.69, 9.17) is 20.9 Å². The molecule has 0 saturated heterocycles. The molecule has 74 valence electrons. The number of rotatable bonds is 5. The van der Waals surface area contributed by atoms with Crippen LogP contribution in [0.15, 0.2) is 18.3 Å². The Hall–Kier alpha value is 0.447. The number of hydrogen-bond acceptors (Lipinski definition) is 3. The van der Waals surface area contributed by atoms with Crippen molar-refractivity contribution < 1.29 is 27.9 Å². The minimum atomic E-state index is -2.33. The van der Waals surface area contributed by atoms with Gasteiger partial charge < -0.3 is 13.4 Å². The SMILES string of the molecule is CCOP(=S)(OCC)n1[c-]ccc1.[Li+]. The summed E-state index contributed by atoms with van der Waals surface area (Å²) in [6, 6.07) is 3.65. The summed E-state index contributed by atoms with van der Waals surface area (Å²) < 4.78 is 12.6. The van der Waals surface area contributed by atoms with Crippen molar-refractivity contribution in [3.05, 3.63) is 24.5 Å². The Bertz CT molecular complexity index is 282. The summed E-state index contributed by atoms with van der Waals surface area (Å²) in [5, 5.41) is 0. The Morgan fingerprint density at radius 2 is 1.93 bits per heavy atom. The van der Waals surface area contributed by atoms with Crippen LogP contribution >= 0.6 is 6.64 Å². The average molecular weight is 225 g/mol. The molecular formula is C8H13LiNO2PS. The fraction of sp³-hybridized carbons (Fsp3) is 0.500. The first-order valence-electron chi connectivity index (χ1n) is 4.18. The molecule has 1 heterocycles. The van der Waals surface area contributed by atoms with Crippen molar-refractivity contribution in [3.8, 4) is 0 Å². The van der Waals surface area contributed by atoms with Gasteiger partial charge in [-0.2, -0.15) is 12.1 Å². The molecule has 0 amide bonds. The maximum atomic E-state index is 5.45. The maximum Gasteiger partial charge on any atom is 1.00 e. The monoisotopic (exact) mass is 225 g/mol. The zero-order chi connectivity index (χ0) is 9.73. The van der Waals surface area contributed by atoms with Gasteiger partial charge in [0, 0.05) is 0 Å². The minimum absolute atomic E-state index is 0. The van der Waals surface area contributed by atoms with E-state index in [9.17, 15) is 0 Å². The second-order valence-electron chi connectivity index (χ2n) is 2.29. The summed E-state index contributed by atoms with van der Waals surface area (Å²) in [7, 11) is 0. The fourth-order valence-corrected chi connectivity index (χ4v) is 3.29. The van der Waals surface area contributed by atoms with Crippen LogP contribution in [0, 0.1) is 6.20 Å². The molecule has 0 aliphatic carbocycles. The van der Waals surface area contributed by atoms with E-state index >= 15 is 0 Å². The molecule has 0 spiro atoms. The van der Waals surface area contributed by atoms with Gasteiger partial charge in [0.25, 0.3) is 6.64 Å². The van der Waals surface area contributed by atoms with E-state index in [2.05, 4.69) is 6.20 Å². The Labute approximate surface area is 102 Å². The van der Waals surface area contributed by atoms with Crippen LogP contribution in [0.25, 0.3) is 0 Å². The number of aromatic nitrogens is 1. The van der Waals surface area contributed by atoms with E-state index in [1.54, 1.807) is 10.4 Å². The molecule has 0 aliphatic rings. The molecule has 0 bridgehead atoms. The summed E-state index contributed by atoms with van der Waals surface area (Å²) in [6.07, 6.45) is 4.78. The van der Waals surface area contributed by atoms with Crippen LogP contribution in [0.4, 0.5) is 0 Å². The van der Waals surface area contributed by atoms with Crippen LogP contribution in [0.2, 0.25) is 0 Å². The molecule has 1 aromatic rings. The molecule has 14 heavy (non-hydrogen) atoms. The predicted molar refractivity (Wildman–Crippen MR) is 56.2 cm³/mol. The van der Waals surface area contributed by atoms with Crippen molar-refractivity contribution in [1.82, 2.24) is 4.34 Å². The van der Waals surface area contributed by atoms with Gasteiger partial charge in [-0.1, -0.05) is 6.20 Å². The quantitative estimate of drug-likeness (QED) is 0.381. The third-order valence-electron chi connectivity index (χ3n) is 1.38. The van der Waals surface area contributed by atoms with Crippen LogP contribution < -0.4 is 18.9 Å². The molecule has 0 atom stereocenters. The zero-order valence-electron chi connectivity index (χ0n) is 8.77. The van der Waals surface area contributed by atoms with Crippen LogP contribution in [0.1, 0.15) is 13.8 Å². The van der Waals surface area contributed by atoms with E-state index in [0.29, 0.717) is 13.2 Å². The molecule has 0 aliphatic heterocycles. The first-order valence-corrected chi connectivity index (χ1v) is 6.77. The molecule has 6 heteroatoms. The predicted octanol–water partition coefficient (Wildman–Crippen LogP) is -0.562. The van der Waals surface area contributed by atoms with E-state index in [-0.39, 0.29) is 18.9 Å². The summed E-state index contributed by atoms with van der Waals surface area (Å²) in [4.78, 5) is 0. The smallest absolute Gasteiger partial charge is 0.404 e. The summed E-state index contributed by atoms with van der Waals surface area (Å²) >= 11 is 5.32. The van der Waals surface area contributed by atoms with Gasteiger partial charge >= 0.3 is 18.9 Å². The van der Waals surface area contributed by atoms with E-state index in [1.807, 2.05) is 26.1 Å². The fourth-order valence-electron chi connectivity index (χ4n) is 0.927. The standard InChI is InChI=1S/C8H13NO2PS.Li/c1-3-10-12(13,11-4-2)9-7-5-6-8-9;/h5-7H,3-4H2,1-2H3;/q-1;+1. The van der Waals surface area contributed by atoms with E-state index in [1.165, 1.54) is 0 Å². The average Bonchev–Trinajstić information content (AvgIpc) is 2.57. The van der Waals surface area contributed by atoms with Crippen LogP contribution in [-0.4, -0.2) is 17.6 Å². The van der Waals surface area contributed by atoms with Crippen molar-refractivity contribution in [3.63, 3.8) is 0 Å². The topological polar surface area (TPSA) is 23.4 Å². The van der Waals surface area contributed by atoms with Gasteiger partial charge in [0.15, 0.2) is 0 Å². The van der Waals surface area contributed by atoms with Crippen LogP contribution in [0.3, 0.4) is 0 Å². The van der Waals surface area contributed by atoms with Gasteiger partial charge in [-0.25, -0.2) is 0 Å². The number of hydrogen-bond donors (Lipinski definition) is 0. The van der Waals surface area contributed by atoms with Crippen molar-refractivity contribution in [2.75, 3.05) is 13.2 Å². The van der Waals surface area contributed by atoms with Crippen molar-refractivity contribution >= 4 is 18.4 Å². The van der Waals surface area contributed by atoms with Crippen LogP contribution in [-0.2, 0) is 20.9 Å². The molecule has 1 aromatic heterocycles. The molecule has 0 radical (unpaired) electrons. The Morgan fingerprint density at radius 1 is 1.36 bits per heavy atom. The molecule has 0 fully saturated rings. The third kappa shape index (κ3) is 3.55. The van der Waals surface area contributed by atoms with Gasteiger partial charge in [0.05, 0.1) is 13.2 Å². The van der Waals surface area contributed by atoms with Gasteiger partial charge in [-0.15, -0.1) is 6.20 Å². The van der Waals surface area contributed by atoms with Gasteiger partial charge in [0.1, 0.15) is 0 Å². The molecule has 0 saturated carbocycles. The second-order valence-corrected chi connectivity index (χ2v) is 5.55. The van der Waals surface area contributed by atoms with Crippen molar-refractivity contribution in [1.29, 1.82) is 0 Å². The molecule has 1 rings (SSSR count). The summed E-state index contributed by atoms with van der Waals surface area (Å²) in [5.74, 6) is 0. The van der Waals surface area contributed by atoms with Crippen molar-refractivity contribution in [2.24, 2.45) is 0 Å². The summed E-state index contributed by atoms with van der Waals surface area (Å²) in [6.45, 7) is 2.60. The molecule has 0 N–H and O–H groups in total. The van der Waals surface area contributed by atoms with Gasteiger partial charge in [-0.05, 0) is 25.7 Å². The van der Waals surface area contributed by atoms with Gasteiger partial charge in [0.2, 0.25) is 0 Å². The van der Waals surface area contributed by atoms with E-state index < -0.39 is 6.64 Å². The Balaban J connectivity index is 0.00000169. The Morgan fingerprint density at radius 3 is 2.29 bits per heavy atom. The molecule has 0 unspecified atom stereocenters. The maximum absolute atomic E-state index is 5.45. The Kier molecular flexibility index (Phi) is 7.06. The molecule has 3 nitrogen and oxygen atoms in total. The minimum Gasteiger partial charge on any atom is -0.404 e. The molecular weight excluding hydrogens is 212 g/mol. The molecule has 0 aromatic carbocycles. The third-order valence-corrected chi connectivity index (χ3v) is 4.48. The summed E-state index contributed by atoms with van der Waals surface area (Å²) in [5.41, 5.74) is 0. The van der Waals surface area contributed by atoms with Crippen molar-refractivity contribution in [2.45, 2.75) is 13.8 Å². The zero-order valence-corrected chi connectivity index (χ0v) is 10.5. The van der Waals surface area contributed by atoms with Crippen LogP contribution in [0.5, 0.6) is 0 Å². The van der Waals surface area contributed by atoms with Gasteiger partial charge in [-0.3, -0.25) is 0 Å². The first-order chi connectivity index (χ1) is 6.23. The largest absolute Gasteiger partial charge is 1.00 e. The first kappa shape index (κ1) is 14.4.